The minimum atomic E-state index is -0.0465. The van der Waals surface area contributed by atoms with Gasteiger partial charge in [-0.1, -0.05) is 6.92 Å². The maximum absolute atomic E-state index is 12.1. The Labute approximate surface area is 114 Å². The molecular weight excluding hydrogens is 242 g/mol. The van der Waals surface area contributed by atoms with Gasteiger partial charge in [-0.15, -0.1) is 0 Å². The lowest BCUT2D eigenvalue weighted by atomic mass is 10.1. The molecule has 0 aliphatic rings. The van der Waals surface area contributed by atoms with Crippen LogP contribution in [0.5, 0.6) is 0 Å². The van der Waals surface area contributed by atoms with E-state index >= 15 is 0 Å². The van der Waals surface area contributed by atoms with Crippen molar-refractivity contribution in [3.05, 3.63) is 23.8 Å². The van der Waals surface area contributed by atoms with Crippen molar-refractivity contribution in [2.45, 2.75) is 19.4 Å². The second kappa shape index (κ2) is 6.99. The molecule has 0 saturated carbocycles. The summed E-state index contributed by atoms with van der Waals surface area (Å²) < 4.78 is 5.16. The first-order chi connectivity index (χ1) is 8.99. The summed E-state index contributed by atoms with van der Waals surface area (Å²) in [7, 11) is 5.12. The summed E-state index contributed by atoms with van der Waals surface area (Å²) in [5, 5.41) is 3.32. The van der Waals surface area contributed by atoms with Crippen LogP contribution in [0.1, 0.15) is 23.7 Å². The van der Waals surface area contributed by atoms with Crippen molar-refractivity contribution in [1.82, 2.24) is 4.90 Å². The first-order valence-electron chi connectivity index (χ1n) is 6.36. The van der Waals surface area contributed by atoms with Gasteiger partial charge in [-0.05, 0) is 24.6 Å². The number of nitrogens with two attached hydrogens (primary N) is 1. The standard InChI is InChI=1S/C14H23N3O2/c1-5-11(9-19-4)16-13-8-10(15)6-7-12(13)14(18)17(2)3/h6-8,11,16H,5,9,15H2,1-4H3. The Bertz CT molecular complexity index is 433. The molecule has 1 amide bonds. The molecule has 0 saturated heterocycles. The number of nitrogen functional groups attached to an aromatic ring is 1. The second-order valence-electron chi connectivity index (χ2n) is 4.71. The van der Waals surface area contributed by atoms with E-state index in [0.29, 0.717) is 17.9 Å². The van der Waals surface area contributed by atoms with Gasteiger partial charge in [-0.25, -0.2) is 0 Å². The molecule has 0 aliphatic carbocycles. The lowest BCUT2D eigenvalue weighted by Crippen LogP contribution is -2.27. The summed E-state index contributed by atoms with van der Waals surface area (Å²) in [5.74, 6) is -0.0465. The first-order valence-corrected chi connectivity index (χ1v) is 6.36. The minimum absolute atomic E-state index is 0.0465. The quantitative estimate of drug-likeness (QED) is 0.770. The summed E-state index contributed by atoms with van der Waals surface area (Å²) in [6.45, 7) is 2.65. The Kier molecular flexibility index (Phi) is 5.63. The Morgan fingerprint density at radius 1 is 1.47 bits per heavy atom. The van der Waals surface area contributed by atoms with Crippen LogP contribution in [0.25, 0.3) is 0 Å². The minimum Gasteiger partial charge on any atom is -0.399 e. The lowest BCUT2D eigenvalue weighted by Gasteiger charge is -2.21. The van der Waals surface area contributed by atoms with Gasteiger partial charge >= 0.3 is 0 Å². The van der Waals surface area contributed by atoms with Crippen LogP contribution in [-0.4, -0.2) is 44.7 Å². The number of methoxy groups -OCH3 is 1. The third-order valence-corrected chi connectivity index (χ3v) is 2.90. The van der Waals surface area contributed by atoms with E-state index in [9.17, 15) is 4.79 Å². The van der Waals surface area contributed by atoms with Crippen LogP contribution in [0, 0.1) is 0 Å². The molecule has 5 heteroatoms. The number of carbonyl (C=O) groups excluding carboxylic acids is 1. The molecule has 1 rings (SSSR count). The highest BCUT2D eigenvalue weighted by atomic mass is 16.5. The highest BCUT2D eigenvalue weighted by Gasteiger charge is 2.16. The summed E-state index contributed by atoms with van der Waals surface area (Å²) in [5.41, 5.74) is 7.80. The van der Waals surface area contributed by atoms with Gasteiger partial charge in [0.2, 0.25) is 0 Å². The third-order valence-electron chi connectivity index (χ3n) is 2.90. The number of hydrogen-bond donors (Lipinski definition) is 2. The van der Waals surface area contributed by atoms with E-state index in [1.165, 1.54) is 0 Å². The summed E-state index contributed by atoms with van der Waals surface area (Å²) >= 11 is 0. The third kappa shape index (κ3) is 4.13. The van der Waals surface area contributed by atoms with Crippen molar-refractivity contribution < 1.29 is 9.53 Å². The highest BCUT2D eigenvalue weighted by molar-refractivity contribution is 6.00. The van der Waals surface area contributed by atoms with Crippen molar-refractivity contribution in [3.63, 3.8) is 0 Å². The topological polar surface area (TPSA) is 67.6 Å². The number of amides is 1. The van der Waals surface area contributed by atoms with Crippen LogP contribution < -0.4 is 11.1 Å². The van der Waals surface area contributed by atoms with Crippen LogP contribution in [-0.2, 0) is 4.74 Å². The molecule has 0 bridgehead atoms. The van der Waals surface area contributed by atoms with Crippen molar-refractivity contribution >= 4 is 17.3 Å². The van der Waals surface area contributed by atoms with E-state index < -0.39 is 0 Å². The van der Waals surface area contributed by atoms with Gasteiger partial charge in [0.15, 0.2) is 0 Å². The smallest absolute Gasteiger partial charge is 0.255 e. The first kappa shape index (κ1) is 15.3. The number of carbonyl (C=O) groups is 1. The Balaban J connectivity index is 3.03. The molecule has 5 nitrogen and oxygen atoms in total. The van der Waals surface area contributed by atoms with Gasteiger partial charge in [-0.3, -0.25) is 4.79 Å². The molecule has 0 spiro atoms. The van der Waals surface area contributed by atoms with Crippen LogP contribution in [0.2, 0.25) is 0 Å². The van der Waals surface area contributed by atoms with Crippen LogP contribution >= 0.6 is 0 Å². The maximum atomic E-state index is 12.1. The van der Waals surface area contributed by atoms with Crippen LogP contribution in [0.15, 0.2) is 18.2 Å². The number of benzene rings is 1. The van der Waals surface area contributed by atoms with E-state index in [1.807, 2.05) is 0 Å². The average Bonchev–Trinajstić information content (AvgIpc) is 2.37. The SMILES string of the molecule is CCC(COC)Nc1cc(N)ccc1C(=O)N(C)C. The van der Waals surface area contributed by atoms with Gasteiger partial charge in [0.1, 0.15) is 0 Å². The van der Waals surface area contributed by atoms with E-state index in [4.69, 9.17) is 10.5 Å². The Morgan fingerprint density at radius 3 is 2.68 bits per heavy atom. The van der Waals surface area contributed by atoms with E-state index in [0.717, 1.165) is 12.1 Å². The van der Waals surface area contributed by atoms with Crippen LogP contribution in [0.4, 0.5) is 11.4 Å². The fraction of sp³-hybridized carbons (Fsp3) is 0.500. The zero-order chi connectivity index (χ0) is 14.4. The number of anilines is 2. The molecule has 1 atom stereocenters. The number of nitrogens with zero attached hydrogens (tertiary/aromatic N) is 1. The molecule has 0 heterocycles. The predicted molar refractivity (Wildman–Crippen MR) is 78.4 cm³/mol. The summed E-state index contributed by atoms with van der Waals surface area (Å²) in [6.07, 6.45) is 0.901. The van der Waals surface area contributed by atoms with E-state index in [-0.39, 0.29) is 11.9 Å². The van der Waals surface area contributed by atoms with Crippen molar-refractivity contribution in [3.8, 4) is 0 Å². The largest absolute Gasteiger partial charge is 0.399 e. The zero-order valence-electron chi connectivity index (χ0n) is 12.1. The fourth-order valence-corrected chi connectivity index (χ4v) is 1.79. The number of nitrogens with one attached hydrogen (secondary N) is 1. The molecular formula is C14H23N3O2. The molecule has 0 aromatic heterocycles. The normalized spacial score (nSPS) is 12.0. The van der Waals surface area contributed by atoms with Crippen molar-refractivity contribution in [2.24, 2.45) is 0 Å². The number of ether oxygens (including phenoxy) is 1. The fourth-order valence-electron chi connectivity index (χ4n) is 1.79. The second-order valence-corrected chi connectivity index (χ2v) is 4.71. The Hall–Kier alpha value is -1.75. The number of rotatable bonds is 6. The molecule has 0 radical (unpaired) electrons. The molecule has 0 aliphatic heterocycles. The van der Waals surface area contributed by atoms with Crippen molar-refractivity contribution in [1.29, 1.82) is 0 Å². The highest BCUT2D eigenvalue weighted by Crippen LogP contribution is 2.22. The molecule has 19 heavy (non-hydrogen) atoms. The monoisotopic (exact) mass is 265 g/mol. The molecule has 1 aromatic carbocycles. The van der Waals surface area contributed by atoms with Gasteiger partial charge in [0.05, 0.1) is 12.2 Å². The van der Waals surface area contributed by atoms with E-state index in [2.05, 4.69) is 12.2 Å². The van der Waals surface area contributed by atoms with Gasteiger partial charge in [0, 0.05) is 38.6 Å². The van der Waals surface area contributed by atoms with Gasteiger partial charge in [0.25, 0.3) is 5.91 Å². The number of hydrogen-bond acceptors (Lipinski definition) is 4. The van der Waals surface area contributed by atoms with Gasteiger partial charge in [-0.2, -0.15) is 0 Å². The molecule has 0 fully saturated rings. The molecule has 1 unspecified atom stereocenters. The summed E-state index contributed by atoms with van der Waals surface area (Å²) in [4.78, 5) is 13.7. The predicted octanol–water partition coefficient (Wildman–Crippen LogP) is 1.81. The molecule has 1 aromatic rings. The lowest BCUT2D eigenvalue weighted by molar-refractivity contribution is 0.0828. The van der Waals surface area contributed by atoms with Crippen molar-refractivity contribution in [2.75, 3.05) is 38.9 Å². The molecule has 106 valence electrons. The molecule has 3 N–H and O–H groups in total. The maximum Gasteiger partial charge on any atom is 0.255 e. The van der Waals surface area contributed by atoms with Gasteiger partial charge < -0.3 is 20.7 Å². The zero-order valence-corrected chi connectivity index (χ0v) is 12.1. The average molecular weight is 265 g/mol. The Morgan fingerprint density at radius 2 is 2.16 bits per heavy atom. The van der Waals surface area contributed by atoms with E-state index in [1.54, 1.807) is 44.3 Å². The summed E-state index contributed by atoms with van der Waals surface area (Å²) in [6, 6.07) is 5.42. The van der Waals surface area contributed by atoms with Crippen LogP contribution in [0.3, 0.4) is 0 Å².